The summed E-state index contributed by atoms with van der Waals surface area (Å²) in [6.45, 7) is 0. The van der Waals surface area contributed by atoms with Crippen LogP contribution in [0.1, 0.15) is 0 Å². The van der Waals surface area contributed by atoms with Crippen LogP contribution in [-0.2, 0) is 0 Å². The van der Waals surface area contributed by atoms with Gasteiger partial charge < -0.3 is 0 Å². The van der Waals surface area contributed by atoms with Crippen molar-refractivity contribution in [3.63, 3.8) is 0 Å². The Kier molecular flexibility index (Phi) is 32.5. The fourth-order valence-electron chi connectivity index (χ4n) is 2.07. The molecule has 40 heavy (non-hydrogen) atoms. The average Bonchev–Trinajstić information content (AvgIpc) is 2.71. The van der Waals surface area contributed by atoms with Crippen LogP contribution in [0, 0.1) is 1.93 Å². The van der Waals surface area contributed by atoms with Crippen molar-refractivity contribution in [3.8, 4) is 0 Å². The van der Waals surface area contributed by atoms with Crippen LogP contribution in [-0.4, -0.2) is 15.1 Å². The van der Waals surface area contributed by atoms with Gasteiger partial charge in [0.1, 0.15) is 17.1 Å². The first-order valence-corrected chi connectivity index (χ1v) is 37.2. The van der Waals surface area contributed by atoms with E-state index in [1.54, 1.807) is 0 Å². The van der Waals surface area contributed by atoms with Crippen LogP contribution < -0.4 is 0 Å². The molecule has 0 amide bonds. The quantitative estimate of drug-likeness (QED) is 0.135. The van der Waals surface area contributed by atoms with Crippen LogP contribution in [0.15, 0.2) is 0 Å². The van der Waals surface area contributed by atoms with E-state index in [2.05, 4.69) is 610 Å². The van der Waals surface area contributed by atoms with E-state index in [-0.39, 0.29) is 15.1 Å². The van der Waals surface area contributed by atoms with Crippen molar-refractivity contribution in [3.05, 3.63) is 1.93 Å². The molecular weight excluding hydrogens is 3580 g/mol. The van der Waals surface area contributed by atoms with E-state index in [1.807, 2.05) is 0 Å². The van der Waals surface area contributed by atoms with Crippen molar-refractivity contribution in [2.75, 3.05) is 0 Å². The SMILES string of the molecule is I[C](I)C(I)(I)C(I)(I)C(I)(I)C(I)(I)C(I)(I)C(I)(I)C(I)(I)C(I)(I)C(I)(I)C(I)(I)C(I)(I)C(I)(I)I. The third kappa shape index (κ3) is 11.9. The Labute approximate surface area is 605 Å². The zero-order chi connectivity index (χ0) is 33.6. The monoisotopic (exact) mass is 3580 g/mol. The molecule has 0 spiro atoms. The molecule has 0 aliphatic rings. The molecule has 0 N–H and O–H groups in total. The van der Waals surface area contributed by atoms with Gasteiger partial charge in [-0.05, 0) is 0 Å². The second-order valence-electron chi connectivity index (χ2n) is 7.08. The van der Waals surface area contributed by atoms with Crippen LogP contribution >= 0.6 is 610 Å². The molecule has 0 aromatic rings. The summed E-state index contributed by atoms with van der Waals surface area (Å²) >= 11 is 73.8. The molecule has 27 heteroatoms. The summed E-state index contributed by atoms with van der Waals surface area (Å²) in [5.41, 5.74) is 0. The number of rotatable bonds is 12. The molecule has 0 rings (SSSR count). The van der Waals surface area contributed by atoms with Crippen molar-refractivity contribution in [2.45, 2.75) is 15.1 Å². The lowest BCUT2D eigenvalue weighted by molar-refractivity contribution is 0.635. The van der Waals surface area contributed by atoms with Crippen molar-refractivity contribution < 1.29 is 0 Å². The highest BCUT2D eigenvalue weighted by Crippen LogP contribution is 2.83. The molecule has 0 unspecified atom stereocenters. The Morgan fingerprint density at radius 2 is 0.375 bits per heavy atom. The van der Waals surface area contributed by atoms with Gasteiger partial charge in [0.15, 0.2) is 0 Å². The lowest BCUT2D eigenvalue weighted by Crippen LogP contribution is -2.71. The molecule has 0 saturated carbocycles. The van der Waals surface area contributed by atoms with Gasteiger partial charge in [0, 0.05) is 0 Å². The Morgan fingerprint density at radius 3 is 0.525 bits per heavy atom. The van der Waals surface area contributed by atoms with Crippen molar-refractivity contribution in [1.82, 2.24) is 0 Å². The van der Waals surface area contributed by atoms with Crippen molar-refractivity contribution in [2.24, 2.45) is 0 Å². The predicted molar refractivity (Wildman–Crippen MR) is 415 cm³/mol. The highest BCUT2D eigenvalue weighted by atomic mass is 127. The van der Waals surface area contributed by atoms with Gasteiger partial charge in [-0.2, -0.15) is 0 Å². The number of hydrogen-bond donors (Lipinski definition) is 0. The molecule has 241 valence electrons. The molecule has 0 aromatic heterocycles. The van der Waals surface area contributed by atoms with Gasteiger partial charge in [0.2, 0.25) is 0 Å². The Morgan fingerprint density at radius 1 is 0.225 bits per heavy atom. The van der Waals surface area contributed by atoms with Crippen molar-refractivity contribution in [1.29, 1.82) is 0 Å². The minimum Gasteiger partial charge on any atom is -0.0623 e. The van der Waals surface area contributed by atoms with Crippen LogP contribution in [0.2, 0.25) is 0 Å². The van der Waals surface area contributed by atoms with Crippen LogP contribution in [0.3, 0.4) is 0 Å². The maximum Gasteiger partial charge on any atom is 0.149 e. The highest BCUT2D eigenvalue weighted by Gasteiger charge is 2.81. The highest BCUT2D eigenvalue weighted by molar-refractivity contribution is 14.3. The van der Waals surface area contributed by atoms with E-state index in [1.165, 1.54) is 1.93 Å². The second kappa shape index (κ2) is 21.8. The Balaban J connectivity index is 7.35. The maximum atomic E-state index is 2.81. The maximum absolute atomic E-state index is 2.81. The van der Waals surface area contributed by atoms with E-state index in [0.717, 1.165) is 0 Å². The molecule has 0 heterocycles. The molecule has 0 aliphatic heterocycles. The van der Waals surface area contributed by atoms with Crippen LogP contribution in [0.4, 0.5) is 0 Å². The molecule has 0 bridgehead atoms. The van der Waals surface area contributed by atoms with E-state index < -0.39 is 0 Å². The summed E-state index contributed by atoms with van der Waals surface area (Å²) in [5, 5.41) is 0. The van der Waals surface area contributed by atoms with E-state index >= 15 is 0 Å². The Bertz CT molecular complexity index is 915. The zero-order valence-corrected chi connectivity index (χ0v) is 75.0. The van der Waals surface area contributed by atoms with Gasteiger partial charge in [-0.1, -0.05) is 610 Å². The normalized spacial score (nSPS) is 17.1. The number of alkyl halides is 25. The van der Waals surface area contributed by atoms with Gasteiger partial charge in [-0.25, -0.2) is 0 Å². The van der Waals surface area contributed by atoms with Gasteiger partial charge >= 0.3 is 0 Å². The molecule has 0 fully saturated rings. The molecule has 0 nitrogen and oxygen atoms in total. The fourth-order valence-corrected chi connectivity index (χ4v) is 43.7. The minimum atomic E-state index is -0.173. The van der Waals surface area contributed by atoms with E-state index in [0.29, 0.717) is 0 Å². The molecule has 0 saturated heterocycles. The standard InChI is InChI=1S/C13I27/c14-1(15)2(16,17)3(18,19)4(20,21)5(22,23)6(24,25)7(26,27)8(28,29)9(30,31)10(32,33)11(34,35)12(36,37)13(38,39)40. The fraction of sp³-hybridized carbons (Fsp3) is 0.923. The number of hydrogen-bond acceptors (Lipinski definition) is 0. The summed E-state index contributed by atoms with van der Waals surface area (Å²) in [7, 11) is 0. The van der Waals surface area contributed by atoms with E-state index in [9.17, 15) is 0 Å². The predicted octanol–water partition coefficient (Wildman–Crippen LogP) is 21.5. The molecule has 0 aromatic carbocycles. The van der Waals surface area contributed by atoms with Crippen LogP contribution in [0.25, 0.3) is 0 Å². The molecule has 0 aliphatic carbocycles. The van der Waals surface area contributed by atoms with E-state index in [4.69, 9.17) is 0 Å². The summed E-state index contributed by atoms with van der Waals surface area (Å²) in [5.74, 6) is 0. The lowest BCUT2D eigenvalue weighted by atomic mass is 10.0. The Hall–Kier alpha value is 19.7. The summed E-state index contributed by atoms with van der Waals surface area (Å²) in [6.07, 6.45) is 0. The van der Waals surface area contributed by atoms with Gasteiger partial charge in [-0.15, -0.1) is 0 Å². The smallest absolute Gasteiger partial charge is 0.0623 e. The van der Waals surface area contributed by atoms with Crippen LogP contribution in [0.5, 0.6) is 0 Å². The van der Waals surface area contributed by atoms with Gasteiger partial charge in [0.05, 0.1) is 0 Å². The zero-order valence-electron chi connectivity index (χ0n) is 16.7. The lowest BCUT2D eigenvalue weighted by Gasteiger charge is -2.61. The first-order valence-electron chi connectivity index (χ1n) is 8.10. The summed E-state index contributed by atoms with van der Waals surface area (Å²) in [4.78, 5) is 0. The first kappa shape index (κ1) is 59.7. The average molecular weight is 3580 g/mol. The second-order valence-corrected chi connectivity index (χ2v) is 80.6. The van der Waals surface area contributed by atoms with Gasteiger partial charge in [0.25, 0.3) is 0 Å². The molecular formula is C13I27. The third-order valence-corrected chi connectivity index (χ3v) is 95.2. The minimum absolute atomic E-state index is 0.0278. The van der Waals surface area contributed by atoms with Crippen molar-refractivity contribution >= 4 is 610 Å². The first-order chi connectivity index (χ1) is 16.7. The molecule has 1 radical (unpaired) electrons. The topological polar surface area (TPSA) is 0 Å². The molecule has 0 atom stereocenters. The summed E-state index contributed by atoms with van der Waals surface area (Å²) in [6, 6.07) is 0. The van der Waals surface area contributed by atoms with Gasteiger partial charge in [-0.3, -0.25) is 0 Å². The summed E-state index contributed by atoms with van der Waals surface area (Å²) < 4.78 is 0.0711. The third-order valence-electron chi connectivity index (χ3n) is 4.54. The largest absolute Gasteiger partial charge is 0.149 e. The number of halogens is 27.